The first-order valence-corrected chi connectivity index (χ1v) is 16.1. The van der Waals surface area contributed by atoms with Gasteiger partial charge in [-0.15, -0.1) is 0 Å². The molecule has 4 heterocycles. The predicted octanol–water partition coefficient (Wildman–Crippen LogP) is 5.75. The van der Waals surface area contributed by atoms with E-state index in [1.807, 2.05) is 30.3 Å². The summed E-state index contributed by atoms with van der Waals surface area (Å²) in [7, 11) is 1.69. The van der Waals surface area contributed by atoms with E-state index in [9.17, 15) is 28.0 Å². The van der Waals surface area contributed by atoms with Gasteiger partial charge in [-0.1, -0.05) is 36.4 Å². The molecular weight excluding hydrogens is 630 g/mol. The highest BCUT2D eigenvalue weighted by Crippen LogP contribution is 2.34. The molecule has 6 aromatic rings. The van der Waals surface area contributed by atoms with Crippen LogP contribution in [0.1, 0.15) is 64.6 Å². The van der Waals surface area contributed by atoms with Gasteiger partial charge in [-0.25, -0.2) is 28.1 Å². The fourth-order valence-corrected chi connectivity index (χ4v) is 6.74. The Bertz CT molecular complexity index is 2340. The third kappa shape index (κ3) is 6.29. The van der Waals surface area contributed by atoms with Crippen LogP contribution >= 0.6 is 0 Å². The zero-order chi connectivity index (χ0) is 34.2. The highest BCUT2D eigenvalue weighted by molar-refractivity contribution is 5.95. The minimum absolute atomic E-state index is 0.00152. The summed E-state index contributed by atoms with van der Waals surface area (Å²) >= 11 is 0. The number of Topliss-reactive ketones (excluding diaryl/α,β-unsaturated/α-hetero) is 1. The van der Waals surface area contributed by atoms with E-state index in [1.54, 1.807) is 36.2 Å². The van der Waals surface area contributed by atoms with Crippen LogP contribution in [-0.2, 0) is 6.54 Å². The van der Waals surface area contributed by atoms with E-state index in [4.69, 9.17) is 0 Å². The Labute approximate surface area is 278 Å². The Morgan fingerprint density at radius 1 is 0.898 bits per heavy atom. The minimum Gasteiger partial charge on any atom is -0.337 e. The summed E-state index contributed by atoms with van der Waals surface area (Å²) in [6.07, 6.45) is 5.99. The molecular formula is C37H32F2N6O4. The highest BCUT2D eigenvalue weighted by Gasteiger charge is 2.29. The number of imidazole rings is 1. The zero-order valence-electron chi connectivity index (χ0n) is 26.6. The van der Waals surface area contributed by atoms with Gasteiger partial charge in [0.1, 0.15) is 23.0 Å². The molecule has 0 spiro atoms. The lowest BCUT2D eigenvalue weighted by atomic mass is 9.82. The lowest BCUT2D eigenvalue weighted by Crippen LogP contribution is -2.43. The molecule has 10 nitrogen and oxygen atoms in total. The number of carbonyl (C=O) groups is 2. The molecule has 49 heavy (non-hydrogen) atoms. The van der Waals surface area contributed by atoms with E-state index in [0.29, 0.717) is 49.1 Å². The number of hydrogen-bond donors (Lipinski definition) is 0. The van der Waals surface area contributed by atoms with Gasteiger partial charge in [-0.3, -0.25) is 19.0 Å². The number of amides is 1. The van der Waals surface area contributed by atoms with Crippen LogP contribution in [0.15, 0.2) is 101 Å². The normalized spacial score (nSPS) is 16.2. The number of halogens is 2. The van der Waals surface area contributed by atoms with Gasteiger partial charge in [-0.05, 0) is 73.6 Å². The van der Waals surface area contributed by atoms with Crippen molar-refractivity contribution in [3.8, 4) is 5.69 Å². The summed E-state index contributed by atoms with van der Waals surface area (Å²) in [5.74, 6) is -1.58. The number of rotatable bonds is 8. The van der Waals surface area contributed by atoms with Gasteiger partial charge in [0.15, 0.2) is 11.4 Å². The van der Waals surface area contributed by atoms with Crippen molar-refractivity contribution in [3.05, 3.63) is 141 Å². The van der Waals surface area contributed by atoms with Gasteiger partial charge in [0.05, 0.1) is 17.3 Å². The van der Waals surface area contributed by atoms with Crippen LogP contribution < -0.4 is 11.2 Å². The van der Waals surface area contributed by atoms with Crippen LogP contribution in [-0.4, -0.2) is 47.1 Å². The van der Waals surface area contributed by atoms with Crippen LogP contribution in [0, 0.1) is 17.6 Å². The van der Waals surface area contributed by atoms with Crippen molar-refractivity contribution in [2.45, 2.75) is 44.7 Å². The topological polar surface area (TPSA) is 112 Å². The van der Waals surface area contributed by atoms with Crippen molar-refractivity contribution in [1.29, 1.82) is 0 Å². The molecule has 12 heteroatoms. The molecule has 0 unspecified atom stereocenters. The Hall–Kier alpha value is -5.78. The van der Waals surface area contributed by atoms with E-state index in [2.05, 4.69) is 9.97 Å². The number of hydrogen-bond acceptors (Lipinski definition) is 6. The molecule has 1 saturated carbocycles. The molecule has 0 saturated heterocycles. The number of carbonyl (C=O) groups excluding carboxylic acids is 2. The van der Waals surface area contributed by atoms with Gasteiger partial charge in [0.2, 0.25) is 0 Å². The summed E-state index contributed by atoms with van der Waals surface area (Å²) in [6.45, 7) is 0.381. The van der Waals surface area contributed by atoms with Crippen LogP contribution in [0.25, 0.3) is 22.4 Å². The van der Waals surface area contributed by atoms with Crippen molar-refractivity contribution in [1.82, 2.24) is 28.4 Å². The van der Waals surface area contributed by atoms with E-state index in [-0.39, 0.29) is 40.8 Å². The van der Waals surface area contributed by atoms with Crippen molar-refractivity contribution in [2.24, 2.45) is 5.92 Å². The first-order valence-electron chi connectivity index (χ1n) is 16.1. The summed E-state index contributed by atoms with van der Waals surface area (Å²) in [4.78, 5) is 64.5. The number of aromatic nitrogens is 5. The predicted molar refractivity (Wildman–Crippen MR) is 179 cm³/mol. The van der Waals surface area contributed by atoms with Crippen molar-refractivity contribution in [3.63, 3.8) is 0 Å². The highest BCUT2D eigenvalue weighted by atomic mass is 19.1. The zero-order valence-corrected chi connectivity index (χ0v) is 26.6. The lowest BCUT2D eigenvalue weighted by molar-refractivity contribution is 0.0784. The average Bonchev–Trinajstić information content (AvgIpc) is 3.53. The second-order valence-electron chi connectivity index (χ2n) is 12.6. The molecule has 1 aliphatic rings. The third-order valence-corrected chi connectivity index (χ3v) is 9.21. The number of fused-ring (bicyclic) bond motifs is 2. The summed E-state index contributed by atoms with van der Waals surface area (Å²) < 4.78 is 32.0. The first-order chi connectivity index (χ1) is 23.7. The number of nitrogens with zero attached hydrogens (tertiary/aromatic N) is 6. The fraction of sp³-hybridized carbons (Fsp3) is 0.243. The molecule has 0 radical (unpaired) electrons. The largest absolute Gasteiger partial charge is 0.337 e. The molecule has 0 N–H and O–H groups in total. The molecule has 1 aliphatic carbocycles. The molecule has 1 fully saturated rings. The number of benzene rings is 2. The van der Waals surface area contributed by atoms with Gasteiger partial charge < -0.3 is 9.30 Å². The SMILES string of the molecule is CN(Cc1ccccc1)C(=O)c1cccc(-n2c(=O)n(C3CCC(CC(=O)c4cn5cc(F)ccc5n4)CC3)c(=O)c3cc(F)cnc32)c1. The Kier molecular flexibility index (Phi) is 8.45. The van der Waals surface area contributed by atoms with E-state index < -0.39 is 28.9 Å². The molecule has 248 valence electrons. The molecule has 2 aromatic carbocycles. The average molecular weight is 663 g/mol. The van der Waals surface area contributed by atoms with Crippen molar-refractivity contribution >= 4 is 28.4 Å². The Morgan fingerprint density at radius 2 is 1.67 bits per heavy atom. The van der Waals surface area contributed by atoms with Crippen LogP contribution in [0.3, 0.4) is 0 Å². The third-order valence-electron chi connectivity index (χ3n) is 9.21. The Morgan fingerprint density at radius 3 is 2.45 bits per heavy atom. The molecule has 7 rings (SSSR count). The van der Waals surface area contributed by atoms with Gasteiger partial charge in [0.25, 0.3) is 11.5 Å². The lowest BCUT2D eigenvalue weighted by Gasteiger charge is -2.29. The van der Waals surface area contributed by atoms with Gasteiger partial charge in [0, 0.05) is 44.0 Å². The smallest absolute Gasteiger partial charge is 0.337 e. The van der Waals surface area contributed by atoms with Gasteiger partial charge >= 0.3 is 5.69 Å². The van der Waals surface area contributed by atoms with Crippen LogP contribution in [0.4, 0.5) is 8.78 Å². The maximum absolute atomic E-state index is 14.5. The molecule has 0 atom stereocenters. The summed E-state index contributed by atoms with van der Waals surface area (Å²) in [6, 6.07) is 19.4. The minimum atomic E-state index is -0.718. The second kappa shape index (κ2) is 13.0. The number of ketones is 1. The second-order valence-corrected chi connectivity index (χ2v) is 12.6. The summed E-state index contributed by atoms with van der Waals surface area (Å²) in [5, 5.41) is -0.0573. The maximum Gasteiger partial charge on any atom is 0.337 e. The van der Waals surface area contributed by atoms with Crippen LogP contribution in [0.2, 0.25) is 0 Å². The maximum atomic E-state index is 14.5. The molecule has 0 bridgehead atoms. The van der Waals surface area contributed by atoms with E-state index in [0.717, 1.165) is 22.4 Å². The summed E-state index contributed by atoms with van der Waals surface area (Å²) in [5.41, 5.74) is 1.03. The standard InChI is InChI=1S/C37H32F2N6O4/c1-42(20-24-6-3-2-4-7-24)35(47)25-8-5-9-29(17-25)44-34-30(18-27(39)19-40-34)36(48)45(37(44)49)28-13-10-23(11-14-28)16-32(46)31-22-43-21-26(38)12-15-33(43)41-31/h2-9,12,15,17-19,21-23,28H,10-11,13-14,16,20H2,1H3. The first kappa shape index (κ1) is 31.8. The van der Waals surface area contributed by atoms with Crippen molar-refractivity contribution < 1.29 is 18.4 Å². The van der Waals surface area contributed by atoms with Crippen LogP contribution in [0.5, 0.6) is 0 Å². The van der Waals surface area contributed by atoms with Crippen molar-refractivity contribution in [2.75, 3.05) is 7.05 Å². The van der Waals surface area contributed by atoms with E-state index >= 15 is 0 Å². The molecule has 4 aromatic heterocycles. The Balaban J connectivity index is 1.16. The molecule has 0 aliphatic heterocycles. The van der Waals surface area contributed by atoms with E-state index in [1.165, 1.54) is 33.5 Å². The fourth-order valence-electron chi connectivity index (χ4n) is 6.74. The molecule has 1 amide bonds. The monoisotopic (exact) mass is 662 g/mol. The quantitative estimate of drug-likeness (QED) is 0.192. The van der Waals surface area contributed by atoms with Gasteiger partial charge in [-0.2, -0.15) is 0 Å². The number of pyridine rings is 2.